The summed E-state index contributed by atoms with van der Waals surface area (Å²) < 4.78 is 5.89. The van der Waals surface area contributed by atoms with Gasteiger partial charge in [-0.25, -0.2) is 15.0 Å². The lowest BCUT2D eigenvalue weighted by Gasteiger charge is -2.28. The molecule has 7 nitrogen and oxygen atoms in total. The molecule has 2 aromatic heterocycles. The van der Waals surface area contributed by atoms with E-state index in [1.54, 1.807) is 28.9 Å². The average Bonchev–Trinajstić information content (AvgIpc) is 3.41. The fourth-order valence-corrected chi connectivity index (χ4v) is 6.55. The fraction of sp³-hybridized carbons (Fsp3) is 0.667. The van der Waals surface area contributed by atoms with Crippen LogP contribution in [0, 0.1) is 29.6 Å². The number of carbonyl (C=O) groups is 1. The highest BCUT2D eigenvalue weighted by Gasteiger charge is 2.24. The molecule has 0 aromatic carbocycles. The first-order chi connectivity index (χ1) is 17.3. The lowest BCUT2D eigenvalue weighted by molar-refractivity contribution is -0.117. The molecule has 1 aliphatic carbocycles. The second kappa shape index (κ2) is 12.5. The standard InChI is InChI=1S/C27H39N5O2S2/c1-19-29-16-22(35-19)14-25(33)30-15-21-6-4-20(5-7-21)8-11-32-12-9-23-24(10-13-32)36-26(31-23)34-18-27(2,3)17-28/h15-17,20-21,28H,4-14,18H2,1-3H3. The highest BCUT2D eigenvalue weighted by molar-refractivity contribution is 7.13. The van der Waals surface area contributed by atoms with E-state index in [9.17, 15) is 4.79 Å². The second-order valence-electron chi connectivity index (χ2n) is 10.9. The van der Waals surface area contributed by atoms with Gasteiger partial charge in [-0.2, -0.15) is 0 Å². The van der Waals surface area contributed by atoms with Gasteiger partial charge in [0.15, 0.2) is 0 Å². The SMILES string of the molecule is Cc1ncc(CC(=O)N=CC2CCC(CCN3CCc4nc(OCC(C)(C)C=N)sc4CC3)CC2)s1. The topological polar surface area (TPSA) is 91.5 Å². The first kappa shape index (κ1) is 27.1. The number of hydrogen-bond acceptors (Lipinski definition) is 8. The molecule has 0 spiro atoms. The van der Waals surface area contributed by atoms with Gasteiger partial charge in [0.25, 0.3) is 11.1 Å². The molecule has 2 aromatic rings. The van der Waals surface area contributed by atoms with Crippen molar-refractivity contribution < 1.29 is 9.53 Å². The quantitative estimate of drug-likeness (QED) is 0.416. The van der Waals surface area contributed by atoms with Gasteiger partial charge in [0.1, 0.15) is 6.61 Å². The Morgan fingerprint density at radius 1 is 1.25 bits per heavy atom. The van der Waals surface area contributed by atoms with Crippen molar-refractivity contribution in [2.75, 3.05) is 26.2 Å². The molecule has 1 amide bonds. The molecule has 4 rings (SSSR count). The van der Waals surface area contributed by atoms with Crippen molar-refractivity contribution >= 4 is 41.0 Å². The fourth-order valence-electron chi connectivity index (χ4n) is 4.82. The van der Waals surface area contributed by atoms with Gasteiger partial charge < -0.3 is 15.0 Å². The number of thiazole rings is 2. The minimum absolute atomic E-state index is 0.0566. The van der Waals surface area contributed by atoms with Crippen LogP contribution in [0.3, 0.4) is 0 Å². The minimum atomic E-state index is -0.259. The molecule has 0 bridgehead atoms. The number of nitrogens with zero attached hydrogens (tertiary/aromatic N) is 4. The molecule has 0 unspecified atom stereocenters. The van der Waals surface area contributed by atoms with Crippen molar-refractivity contribution in [1.29, 1.82) is 5.41 Å². The Hall–Kier alpha value is -1.97. The smallest absolute Gasteiger partial charge is 0.273 e. The molecule has 1 fully saturated rings. The number of carbonyl (C=O) groups excluding carboxylic acids is 1. The van der Waals surface area contributed by atoms with E-state index >= 15 is 0 Å². The number of rotatable bonds is 10. The summed E-state index contributed by atoms with van der Waals surface area (Å²) in [6.45, 7) is 9.76. The van der Waals surface area contributed by atoms with E-state index < -0.39 is 0 Å². The largest absolute Gasteiger partial charge is 0.469 e. The zero-order valence-electron chi connectivity index (χ0n) is 21.8. The molecule has 1 N–H and O–H groups in total. The van der Waals surface area contributed by atoms with Crippen LogP contribution in [0.25, 0.3) is 0 Å². The predicted octanol–water partition coefficient (Wildman–Crippen LogP) is 5.40. The number of aryl methyl sites for hydroxylation is 1. The average molecular weight is 530 g/mol. The Balaban J connectivity index is 1.14. The highest BCUT2D eigenvalue weighted by Crippen LogP contribution is 2.32. The number of aliphatic imine (C=N–C) groups is 1. The maximum Gasteiger partial charge on any atom is 0.273 e. The van der Waals surface area contributed by atoms with Gasteiger partial charge in [-0.15, -0.1) is 11.3 Å². The van der Waals surface area contributed by atoms with Gasteiger partial charge >= 0.3 is 0 Å². The predicted molar refractivity (Wildman–Crippen MR) is 148 cm³/mol. The summed E-state index contributed by atoms with van der Waals surface area (Å²) >= 11 is 3.25. The van der Waals surface area contributed by atoms with Gasteiger partial charge in [-0.05, 0) is 63.8 Å². The summed E-state index contributed by atoms with van der Waals surface area (Å²) in [5.41, 5.74) is 0.940. The zero-order valence-corrected chi connectivity index (χ0v) is 23.4. The molecular formula is C27H39N5O2S2. The summed E-state index contributed by atoms with van der Waals surface area (Å²) in [5.74, 6) is 1.16. The van der Waals surface area contributed by atoms with Gasteiger partial charge in [-0.3, -0.25) is 4.79 Å². The molecule has 1 saturated carbocycles. The molecule has 196 valence electrons. The van der Waals surface area contributed by atoms with E-state index in [-0.39, 0.29) is 11.3 Å². The molecule has 0 radical (unpaired) electrons. The lowest BCUT2D eigenvalue weighted by atomic mass is 9.81. The van der Waals surface area contributed by atoms with E-state index in [2.05, 4.69) is 14.9 Å². The molecule has 0 atom stereocenters. The van der Waals surface area contributed by atoms with Gasteiger partial charge in [0.05, 0.1) is 17.1 Å². The molecule has 0 saturated heterocycles. The van der Waals surface area contributed by atoms with Crippen LogP contribution in [0.5, 0.6) is 5.19 Å². The summed E-state index contributed by atoms with van der Waals surface area (Å²) in [4.78, 5) is 30.3. The number of amides is 1. The number of aromatic nitrogens is 2. The number of nitrogens with one attached hydrogen (secondary N) is 1. The van der Waals surface area contributed by atoms with Crippen LogP contribution >= 0.6 is 22.7 Å². The third-order valence-corrected chi connectivity index (χ3v) is 9.19. The molecule has 9 heteroatoms. The first-order valence-electron chi connectivity index (χ1n) is 13.1. The van der Waals surface area contributed by atoms with Crippen molar-refractivity contribution in [3.8, 4) is 5.19 Å². The number of hydrogen-bond donors (Lipinski definition) is 1. The zero-order chi connectivity index (χ0) is 25.5. The number of fused-ring (bicyclic) bond motifs is 1. The third kappa shape index (κ3) is 8.02. The maximum atomic E-state index is 12.2. The highest BCUT2D eigenvalue weighted by atomic mass is 32.1. The molecule has 2 aliphatic rings. The lowest BCUT2D eigenvalue weighted by Crippen LogP contribution is -2.29. The summed E-state index contributed by atoms with van der Waals surface area (Å²) in [7, 11) is 0. The van der Waals surface area contributed by atoms with Crippen molar-refractivity contribution in [3.63, 3.8) is 0 Å². The van der Waals surface area contributed by atoms with Crippen molar-refractivity contribution in [2.24, 2.45) is 22.2 Å². The van der Waals surface area contributed by atoms with Crippen molar-refractivity contribution in [1.82, 2.24) is 14.9 Å². The maximum absolute atomic E-state index is 12.2. The molecule has 1 aliphatic heterocycles. The Morgan fingerprint density at radius 2 is 2.03 bits per heavy atom. The molecule has 3 heterocycles. The van der Waals surface area contributed by atoms with E-state index in [0.29, 0.717) is 18.9 Å². The van der Waals surface area contributed by atoms with Crippen LogP contribution in [-0.4, -0.2) is 59.4 Å². The summed E-state index contributed by atoms with van der Waals surface area (Å²) in [6.07, 6.45) is 13.5. The van der Waals surface area contributed by atoms with Gasteiger partial charge in [-0.1, -0.05) is 25.2 Å². The normalized spacial score (nSPS) is 21.3. The summed E-state index contributed by atoms with van der Waals surface area (Å²) in [6, 6.07) is 0. The van der Waals surface area contributed by atoms with E-state index in [0.717, 1.165) is 66.3 Å². The van der Waals surface area contributed by atoms with Crippen LogP contribution in [0.2, 0.25) is 0 Å². The van der Waals surface area contributed by atoms with Crippen LogP contribution in [0.15, 0.2) is 11.2 Å². The van der Waals surface area contributed by atoms with Crippen LogP contribution in [0.1, 0.15) is 66.4 Å². The molecule has 36 heavy (non-hydrogen) atoms. The van der Waals surface area contributed by atoms with Crippen LogP contribution in [-0.2, 0) is 24.1 Å². The van der Waals surface area contributed by atoms with E-state index in [1.807, 2.05) is 27.0 Å². The van der Waals surface area contributed by atoms with E-state index in [1.165, 1.54) is 36.0 Å². The Morgan fingerprint density at radius 3 is 2.75 bits per heavy atom. The second-order valence-corrected chi connectivity index (χ2v) is 13.2. The van der Waals surface area contributed by atoms with Crippen LogP contribution in [0.4, 0.5) is 0 Å². The molecular weight excluding hydrogens is 490 g/mol. The van der Waals surface area contributed by atoms with E-state index in [4.69, 9.17) is 15.1 Å². The third-order valence-electron chi connectivity index (χ3n) is 7.21. The first-order valence-corrected chi connectivity index (χ1v) is 14.8. The van der Waals surface area contributed by atoms with Crippen LogP contribution < -0.4 is 4.74 Å². The van der Waals surface area contributed by atoms with Crippen molar-refractivity contribution in [2.45, 2.75) is 72.1 Å². The Kier molecular flexibility index (Phi) is 9.41. The van der Waals surface area contributed by atoms with Crippen molar-refractivity contribution in [3.05, 3.63) is 26.7 Å². The summed E-state index contributed by atoms with van der Waals surface area (Å²) in [5, 5.41) is 9.24. The number of ether oxygens (including phenoxy) is 1. The van der Waals surface area contributed by atoms with Gasteiger partial charge in [0, 0.05) is 53.3 Å². The Bertz CT molecular complexity index is 1030. The van der Waals surface area contributed by atoms with Gasteiger partial charge in [0.2, 0.25) is 0 Å². The minimum Gasteiger partial charge on any atom is -0.469 e. The monoisotopic (exact) mass is 529 g/mol. The Labute approximate surface area is 222 Å².